The highest BCUT2D eigenvalue weighted by Gasteiger charge is 2.37. The Kier molecular flexibility index (Phi) is 7.94. The molecule has 4 rings (SSSR count). The molecule has 0 bridgehead atoms. The second-order valence-corrected chi connectivity index (χ2v) is 10.3. The maximum absolute atomic E-state index is 13.7. The van der Waals surface area contributed by atoms with Gasteiger partial charge in [-0.2, -0.15) is 13.2 Å². The summed E-state index contributed by atoms with van der Waals surface area (Å²) in [6.45, 7) is 3.43. The number of nitrogens with one attached hydrogen (secondary N) is 1. The molecule has 2 heterocycles. The van der Waals surface area contributed by atoms with E-state index in [9.17, 15) is 36.7 Å². The normalized spacial score (nSPS) is 20.0. The zero-order chi connectivity index (χ0) is 27.8. The number of nitrogens with zero attached hydrogens (tertiary/aromatic N) is 3. The van der Waals surface area contributed by atoms with Crippen LogP contribution in [0.1, 0.15) is 47.1 Å². The van der Waals surface area contributed by atoms with Crippen LogP contribution in [0.2, 0.25) is 0 Å². The zero-order valence-corrected chi connectivity index (χ0v) is 21.1. The molecule has 3 N–H and O–H groups in total. The van der Waals surface area contributed by atoms with Crippen LogP contribution in [0.25, 0.3) is 0 Å². The summed E-state index contributed by atoms with van der Waals surface area (Å²) in [6, 6.07) is 8.32. The predicted molar refractivity (Wildman–Crippen MR) is 125 cm³/mol. The summed E-state index contributed by atoms with van der Waals surface area (Å²) in [5.41, 5.74) is -0.688. The predicted octanol–water partition coefficient (Wildman–Crippen LogP) is 3.66. The fourth-order valence-electron chi connectivity index (χ4n) is 4.30. The Morgan fingerprint density at radius 2 is 1.92 bits per heavy atom. The Morgan fingerprint density at radius 3 is 2.53 bits per heavy atom. The van der Waals surface area contributed by atoms with Crippen LogP contribution in [0.15, 0.2) is 47.3 Å². The van der Waals surface area contributed by atoms with Gasteiger partial charge in [-0.15, -0.1) is 9.55 Å². The largest absolute Gasteiger partial charge is 0.454 e. The first-order chi connectivity index (χ1) is 17.7. The number of aromatic amines is 1. The lowest BCUT2D eigenvalue weighted by Gasteiger charge is -2.41. The minimum absolute atomic E-state index is 0.0434. The van der Waals surface area contributed by atoms with Gasteiger partial charge in [0, 0.05) is 6.54 Å². The number of hydrogen-bond donors (Lipinski definition) is 3. The van der Waals surface area contributed by atoms with E-state index in [-0.39, 0.29) is 35.5 Å². The number of hydrogen-bond acceptors (Lipinski definition) is 6. The average Bonchev–Trinajstić information content (AvgIpc) is 3.19. The lowest BCUT2D eigenvalue weighted by Crippen LogP contribution is -2.46. The van der Waals surface area contributed by atoms with Crippen molar-refractivity contribution in [1.29, 1.82) is 0 Å². The molecule has 1 aliphatic heterocycles. The van der Waals surface area contributed by atoms with E-state index in [4.69, 9.17) is 9.47 Å². The number of H-pyrrole nitrogens is 1. The van der Waals surface area contributed by atoms with Crippen molar-refractivity contribution in [3.63, 3.8) is 0 Å². The van der Waals surface area contributed by atoms with Gasteiger partial charge in [-0.05, 0) is 49.2 Å². The van der Waals surface area contributed by atoms with Gasteiger partial charge in [0.1, 0.15) is 11.6 Å². The Labute approximate surface area is 214 Å². The first kappa shape index (κ1) is 28.1. The molecule has 0 unspecified atom stereocenters. The standard InChI is InChI=1S/C23H25F4N4O6P/c1-13-9-16(11-17(10-13)23(25,26)27)14(2)37-21-20(15-3-5-18(24)6-4-15)30(7-8-36-21)12-19-28-22(32)31(29-19)38(33,34)35/h3-6,9-11,14,20-21H,7-8,12H2,1-2H3,(H,28,29,32)(H2,33,34,35)/t14-,20-,21+/m1/s1. The molecule has 206 valence electrons. The average molecular weight is 560 g/mol. The molecule has 38 heavy (non-hydrogen) atoms. The smallest absolute Gasteiger partial charge is 0.349 e. The van der Waals surface area contributed by atoms with Gasteiger partial charge in [-0.25, -0.2) is 13.8 Å². The highest BCUT2D eigenvalue weighted by Crippen LogP contribution is 2.37. The molecule has 0 radical (unpaired) electrons. The SMILES string of the molecule is Cc1cc([C@@H](C)O[C@@H]2OCCN(Cc3nn(P(=O)(O)O)c(=O)[nH]3)[C@@H]2c2ccc(F)cc2)cc(C(F)(F)F)c1. The Balaban J connectivity index is 1.65. The molecule has 3 aromatic rings. The van der Waals surface area contributed by atoms with E-state index in [1.54, 1.807) is 24.8 Å². The van der Waals surface area contributed by atoms with E-state index in [0.717, 1.165) is 12.1 Å². The summed E-state index contributed by atoms with van der Waals surface area (Å²) in [5, 5.41) is 3.69. The minimum Gasteiger partial charge on any atom is -0.349 e. The van der Waals surface area contributed by atoms with Crippen LogP contribution >= 0.6 is 7.75 Å². The van der Waals surface area contributed by atoms with Crippen molar-refractivity contribution in [2.45, 2.75) is 45.0 Å². The van der Waals surface area contributed by atoms with Crippen LogP contribution in [0.4, 0.5) is 17.6 Å². The second-order valence-electron chi connectivity index (χ2n) is 8.89. The van der Waals surface area contributed by atoms with Crippen LogP contribution in [-0.2, 0) is 26.8 Å². The topological polar surface area (TPSA) is 130 Å². The monoisotopic (exact) mass is 560 g/mol. The Hall–Kier alpha value is -2.87. The number of halogens is 4. The summed E-state index contributed by atoms with van der Waals surface area (Å²) in [5.74, 6) is -0.542. The molecule has 1 fully saturated rings. The molecular formula is C23H25F4N4O6P. The van der Waals surface area contributed by atoms with Crippen LogP contribution < -0.4 is 5.69 Å². The molecule has 2 aromatic carbocycles. The number of alkyl halides is 3. The molecule has 1 saturated heterocycles. The Morgan fingerprint density at radius 1 is 1.24 bits per heavy atom. The van der Waals surface area contributed by atoms with Gasteiger partial charge in [-0.1, -0.05) is 23.8 Å². The molecule has 3 atom stereocenters. The van der Waals surface area contributed by atoms with Gasteiger partial charge in [-0.3, -0.25) is 9.88 Å². The molecule has 0 amide bonds. The molecule has 0 spiro atoms. The second kappa shape index (κ2) is 10.7. The number of aromatic nitrogens is 3. The summed E-state index contributed by atoms with van der Waals surface area (Å²) < 4.78 is 77.3. The number of rotatable bonds is 7. The molecule has 1 aromatic heterocycles. The molecular weight excluding hydrogens is 535 g/mol. The van der Waals surface area contributed by atoms with Gasteiger partial charge in [0.25, 0.3) is 0 Å². The fourth-order valence-corrected chi connectivity index (χ4v) is 4.81. The highest BCUT2D eigenvalue weighted by atomic mass is 31.2. The lowest BCUT2D eigenvalue weighted by atomic mass is 10.0. The first-order valence-corrected chi connectivity index (χ1v) is 13.0. The number of benzene rings is 2. The minimum atomic E-state index is -4.98. The summed E-state index contributed by atoms with van der Waals surface area (Å²) in [6.07, 6.45) is -6.41. The zero-order valence-electron chi connectivity index (χ0n) is 20.2. The van der Waals surface area contributed by atoms with Crippen molar-refractivity contribution in [2.75, 3.05) is 13.2 Å². The highest BCUT2D eigenvalue weighted by molar-refractivity contribution is 7.49. The molecule has 1 aliphatic rings. The maximum atomic E-state index is 13.7. The first-order valence-electron chi connectivity index (χ1n) is 11.4. The van der Waals surface area contributed by atoms with Gasteiger partial charge in [0.05, 0.1) is 30.9 Å². The summed E-state index contributed by atoms with van der Waals surface area (Å²) in [4.78, 5) is 34.6. The summed E-state index contributed by atoms with van der Waals surface area (Å²) in [7, 11) is -4.98. The number of aryl methyl sites for hydroxylation is 1. The van der Waals surface area contributed by atoms with E-state index < -0.39 is 49.4 Å². The van der Waals surface area contributed by atoms with Crippen molar-refractivity contribution in [3.8, 4) is 0 Å². The van der Waals surface area contributed by atoms with Crippen LogP contribution in [0, 0.1) is 12.7 Å². The fraction of sp³-hybridized carbons (Fsp3) is 0.391. The number of ether oxygens (including phenoxy) is 2. The third-order valence-electron chi connectivity index (χ3n) is 6.01. The van der Waals surface area contributed by atoms with Crippen molar-refractivity contribution in [1.82, 2.24) is 19.4 Å². The van der Waals surface area contributed by atoms with Crippen molar-refractivity contribution in [3.05, 3.63) is 86.8 Å². The Bertz CT molecular complexity index is 1390. The van der Waals surface area contributed by atoms with Crippen LogP contribution in [-0.4, -0.2) is 48.7 Å². The lowest BCUT2D eigenvalue weighted by molar-refractivity contribution is -0.231. The van der Waals surface area contributed by atoms with E-state index >= 15 is 0 Å². The van der Waals surface area contributed by atoms with E-state index in [0.29, 0.717) is 11.1 Å². The maximum Gasteiger partial charge on any atom is 0.454 e. The van der Waals surface area contributed by atoms with Gasteiger partial charge in [0.2, 0.25) is 0 Å². The molecule has 15 heteroatoms. The third kappa shape index (κ3) is 6.40. The third-order valence-corrected chi connectivity index (χ3v) is 6.77. The van der Waals surface area contributed by atoms with Gasteiger partial charge in [0.15, 0.2) is 6.29 Å². The van der Waals surface area contributed by atoms with E-state index in [2.05, 4.69) is 10.1 Å². The van der Waals surface area contributed by atoms with E-state index in [1.165, 1.54) is 24.3 Å². The van der Waals surface area contributed by atoms with Gasteiger partial charge >= 0.3 is 19.6 Å². The summed E-state index contributed by atoms with van der Waals surface area (Å²) >= 11 is 0. The van der Waals surface area contributed by atoms with Crippen molar-refractivity contribution < 1.29 is 41.4 Å². The molecule has 10 nitrogen and oxygen atoms in total. The van der Waals surface area contributed by atoms with Crippen molar-refractivity contribution >= 4 is 7.75 Å². The van der Waals surface area contributed by atoms with Crippen LogP contribution in [0.5, 0.6) is 0 Å². The molecule has 0 saturated carbocycles. The van der Waals surface area contributed by atoms with Crippen molar-refractivity contribution in [2.24, 2.45) is 0 Å². The quantitative estimate of drug-likeness (QED) is 0.295. The van der Waals surface area contributed by atoms with Gasteiger partial charge < -0.3 is 19.3 Å². The number of morpholine rings is 1. The van der Waals surface area contributed by atoms with Crippen LogP contribution in [0.3, 0.4) is 0 Å². The van der Waals surface area contributed by atoms with E-state index in [1.807, 2.05) is 0 Å². The molecule has 0 aliphatic carbocycles.